The van der Waals surface area contributed by atoms with E-state index in [1.165, 1.54) is 18.4 Å². The maximum atomic E-state index is 6.45. The van der Waals surface area contributed by atoms with Crippen LogP contribution in [0.15, 0.2) is 0 Å². The summed E-state index contributed by atoms with van der Waals surface area (Å²) in [6, 6.07) is 0. The number of rotatable bonds is 3. The number of nitrogens with one attached hydrogen (secondary N) is 1. The van der Waals surface area contributed by atoms with Crippen molar-refractivity contribution < 1.29 is 0 Å². The lowest BCUT2D eigenvalue weighted by Gasteiger charge is -2.52. The third-order valence-corrected chi connectivity index (χ3v) is 5.78. The van der Waals surface area contributed by atoms with Gasteiger partial charge in [-0.3, -0.25) is 9.58 Å². The Hall–Kier alpha value is -0.580. The van der Waals surface area contributed by atoms with Crippen molar-refractivity contribution in [2.24, 2.45) is 13.0 Å². The normalized spacial score (nSPS) is 29.8. The molecule has 2 aliphatic rings. The van der Waals surface area contributed by atoms with Gasteiger partial charge in [0.1, 0.15) is 5.15 Å². The molecule has 5 heteroatoms. The first-order valence-electron chi connectivity index (χ1n) is 7.91. The average Bonchev–Trinajstić information content (AvgIpc) is 3.20. The van der Waals surface area contributed by atoms with E-state index in [-0.39, 0.29) is 11.1 Å². The molecule has 1 saturated carbocycles. The van der Waals surface area contributed by atoms with Gasteiger partial charge in [0, 0.05) is 43.3 Å². The molecule has 2 fully saturated rings. The van der Waals surface area contributed by atoms with Crippen molar-refractivity contribution in [2.75, 3.05) is 13.1 Å². The molecule has 0 amide bonds. The molecule has 21 heavy (non-hydrogen) atoms. The van der Waals surface area contributed by atoms with Crippen LogP contribution in [0.25, 0.3) is 0 Å². The standard InChI is InChI=1S/C16H27ClN4/c1-11-13(14(17)20(5)19-11)8-21-10-15(2,3)18-9-16(21,4)12-6-7-12/h12,18H,6-10H2,1-5H3. The summed E-state index contributed by atoms with van der Waals surface area (Å²) in [6.45, 7) is 12.0. The molecule has 2 heterocycles. The maximum Gasteiger partial charge on any atom is 0.131 e. The fourth-order valence-corrected chi connectivity index (χ4v) is 3.87. The molecule has 0 radical (unpaired) electrons. The van der Waals surface area contributed by atoms with Crippen LogP contribution in [0.5, 0.6) is 0 Å². The highest BCUT2D eigenvalue weighted by molar-refractivity contribution is 6.30. The van der Waals surface area contributed by atoms with E-state index in [1.807, 2.05) is 7.05 Å². The maximum absolute atomic E-state index is 6.45. The van der Waals surface area contributed by atoms with E-state index in [1.54, 1.807) is 4.68 Å². The second kappa shape index (κ2) is 4.97. The summed E-state index contributed by atoms with van der Waals surface area (Å²) < 4.78 is 1.79. The molecule has 1 aromatic heterocycles. The lowest BCUT2D eigenvalue weighted by atomic mass is 9.85. The number of aryl methyl sites for hydroxylation is 2. The fraction of sp³-hybridized carbons (Fsp3) is 0.812. The van der Waals surface area contributed by atoms with Crippen molar-refractivity contribution in [3.05, 3.63) is 16.4 Å². The van der Waals surface area contributed by atoms with Crippen LogP contribution >= 0.6 is 11.6 Å². The predicted octanol–water partition coefficient (Wildman–Crippen LogP) is 2.73. The number of hydrogen-bond donors (Lipinski definition) is 1. The van der Waals surface area contributed by atoms with Gasteiger partial charge in [0.15, 0.2) is 0 Å². The van der Waals surface area contributed by atoms with Crippen molar-refractivity contribution in [1.29, 1.82) is 0 Å². The highest BCUT2D eigenvalue weighted by Gasteiger charge is 2.49. The van der Waals surface area contributed by atoms with Gasteiger partial charge < -0.3 is 5.32 Å². The smallest absolute Gasteiger partial charge is 0.131 e. The van der Waals surface area contributed by atoms with Crippen LogP contribution in [0.3, 0.4) is 0 Å². The zero-order chi connectivity index (χ0) is 15.4. The molecule has 0 aromatic carbocycles. The lowest BCUT2D eigenvalue weighted by Crippen LogP contribution is -2.67. The topological polar surface area (TPSA) is 33.1 Å². The van der Waals surface area contributed by atoms with Crippen LogP contribution < -0.4 is 5.32 Å². The van der Waals surface area contributed by atoms with Crippen LogP contribution in [0.2, 0.25) is 5.15 Å². The molecule has 3 rings (SSSR count). The molecule has 4 nitrogen and oxygen atoms in total. The number of halogens is 1. The Balaban J connectivity index is 1.89. The third kappa shape index (κ3) is 2.73. The molecule has 1 unspecified atom stereocenters. The summed E-state index contributed by atoms with van der Waals surface area (Å²) in [7, 11) is 1.92. The number of aromatic nitrogens is 2. The molecular formula is C16H27ClN4. The van der Waals surface area contributed by atoms with Gasteiger partial charge in [-0.2, -0.15) is 5.10 Å². The van der Waals surface area contributed by atoms with Crippen molar-refractivity contribution in [2.45, 2.75) is 58.2 Å². The van der Waals surface area contributed by atoms with E-state index in [0.29, 0.717) is 0 Å². The molecule has 1 N–H and O–H groups in total. The van der Waals surface area contributed by atoms with E-state index in [0.717, 1.165) is 36.4 Å². The number of piperazine rings is 1. The van der Waals surface area contributed by atoms with E-state index in [4.69, 9.17) is 11.6 Å². The third-order valence-electron chi connectivity index (χ3n) is 5.31. The zero-order valence-corrected chi connectivity index (χ0v) is 14.6. The van der Waals surface area contributed by atoms with E-state index < -0.39 is 0 Å². The van der Waals surface area contributed by atoms with Crippen molar-refractivity contribution >= 4 is 11.6 Å². The highest BCUT2D eigenvalue weighted by atomic mass is 35.5. The quantitative estimate of drug-likeness (QED) is 0.932. The Morgan fingerprint density at radius 2 is 2.00 bits per heavy atom. The highest BCUT2D eigenvalue weighted by Crippen LogP contribution is 2.45. The second-order valence-electron chi connectivity index (χ2n) is 7.70. The lowest BCUT2D eigenvalue weighted by molar-refractivity contribution is 0.00509. The van der Waals surface area contributed by atoms with Crippen LogP contribution in [-0.4, -0.2) is 38.8 Å². The first-order chi connectivity index (χ1) is 9.73. The van der Waals surface area contributed by atoms with Crippen molar-refractivity contribution in [1.82, 2.24) is 20.0 Å². The minimum Gasteiger partial charge on any atom is -0.309 e. The monoisotopic (exact) mass is 310 g/mol. The average molecular weight is 311 g/mol. The Morgan fingerprint density at radius 3 is 2.52 bits per heavy atom. The molecule has 118 valence electrons. The molecule has 0 spiro atoms. The minimum atomic E-state index is 0.150. The van der Waals surface area contributed by atoms with Crippen molar-refractivity contribution in [3.63, 3.8) is 0 Å². The SMILES string of the molecule is Cc1nn(C)c(Cl)c1CN1CC(C)(C)NCC1(C)C1CC1. The first-order valence-corrected chi connectivity index (χ1v) is 8.29. The molecular weight excluding hydrogens is 284 g/mol. The van der Waals surface area contributed by atoms with Gasteiger partial charge >= 0.3 is 0 Å². The Kier molecular flexibility index (Phi) is 3.62. The van der Waals surface area contributed by atoms with Gasteiger partial charge in [-0.05, 0) is 46.5 Å². The largest absolute Gasteiger partial charge is 0.309 e. The summed E-state index contributed by atoms with van der Waals surface area (Å²) in [4.78, 5) is 2.64. The Labute approximate surface area is 132 Å². The predicted molar refractivity (Wildman–Crippen MR) is 86.6 cm³/mol. The summed E-state index contributed by atoms with van der Waals surface area (Å²) in [5.41, 5.74) is 2.62. The van der Waals surface area contributed by atoms with Gasteiger partial charge in [0.25, 0.3) is 0 Å². The first kappa shape index (κ1) is 15.3. The number of nitrogens with zero attached hydrogens (tertiary/aromatic N) is 3. The summed E-state index contributed by atoms with van der Waals surface area (Å²) in [5, 5.41) is 8.97. The van der Waals surface area contributed by atoms with E-state index in [2.05, 4.69) is 43.0 Å². The van der Waals surface area contributed by atoms with Gasteiger partial charge in [0.05, 0.1) is 5.69 Å². The van der Waals surface area contributed by atoms with Gasteiger partial charge in [-0.1, -0.05) is 11.6 Å². The summed E-state index contributed by atoms with van der Waals surface area (Å²) in [5.74, 6) is 0.817. The molecule has 1 aromatic rings. The minimum absolute atomic E-state index is 0.150. The molecule has 1 aliphatic heterocycles. The molecule has 1 aliphatic carbocycles. The summed E-state index contributed by atoms with van der Waals surface area (Å²) in [6.07, 6.45) is 2.71. The second-order valence-corrected chi connectivity index (χ2v) is 8.06. The van der Waals surface area contributed by atoms with Crippen LogP contribution in [-0.2, 0) is 13.6 Å². The van der Waals surface area contributed by atoms with Crippen LogP contribution in [0, 0.1) is 12.8 Å². The van der Waals surface area contributed by atoms with E-state index >= 15 is 0 Å². The van der Waals surface area contributed by atoms with Gasteiger partial charge in [-0.15, -0.1) is 0 Å². The molecule has 0 bridgehead atoms. The van der Waals surface area contributed by atoms with E-state index in [9.17, 15) is 0 Å². The fourth-order valence-electron chi connectivity index (χ4n) is 3.63. The molecule has 1 atom stereocenters. The van der Waals surface area contributed by atoms with Crippen LogP contribution in [0.1, 0.15) is 44.9 Å². The Bertz CT molecular complexity index is 547. The summed E-state index contributed by atoms with van der Waals surface area (Å²) >= 11 is 6.45. The van der Waals surface area contributed by atoms with Gasteiger partial charge in [0.2, 0.25) is 0 Å². The number of hydrogen-bond acceptors (Lipinski definition) is 3. The van der Waals surface area contributed by atoms with Gasteiger partial charge in [-0.25, -0.2) is 0 Å². The van der Waals surface area contributed by atoms with Crippen molar-refractivity contribution in [3.8, 4) is 0 Å². The zero-order valence-electron chi connectivity index (χ0n) is 13.8. The van der Waals surface area contributed by atoms with Crippen LogP contribution in [0.4, 0.5) is 0 Å². The Morgan fingerprint density at radius 1 is 1.33 bits per heavy atom. The molecule has 1 saturated heterocycles.